The van der Waals surface area contributed by atoms with E-state index >= 15 is 0 Å². The van der Waals surface area contributed by atoms with Gasteiger partial charge in [0.1, 0.15) is 0 Å². The van der Waals surface area contributed by atoms with E-state index in [4.69, 9.17) is 4.74 Å². The van der Waals surface area contributed by atoms with Crippen molar-refractivity contribution in [3.63, 3.8) is 0 Å². The first kappa shape index (κ1) is 15.5. The molecule has 0 aromatic heterocycles. The minimum absolute atomic E-state index is 0.404. The van der Waals surface area contributed by atoms with Crippen LogP contribution in [0.2, 0.25) is 0 Å². The highest BCUT2D eigenvalue weighted by atomic mass is 16.5. The van der Waals surface area contributed by atoms with E-state index in [-0.39, 0.29) is 0 Å². The third-order valence-electron chi connectivity index (χ3n) is 4.89. The van der Waals surface area contributed by atoms with E-state index in [1.54, 1.807) is 7.11 Å². The van der Waals surface area contributed by atoms with Crippen LogP contribution in [0.5, 0.6) is 0 Å². The highest BCUT2D eigenvalue weighted by Crippen LogP contribution is 2.45. The molecule has 0 bridgehead atoms. The van der Waals surface area contributed by atoms with E-state index in [0.29, 0.717) is 11.5 Å². The Hall–Kier alpha value is -0.860. The summed E-state index contributed by atoms with van der Waals surface area (Å²) in [4.78, 5) is 0. The van der Waals surface area contributed by atoms with Gasteiger partial charge in [0.05, 0.1) is 6.61 Å². The second kappa shape index (κ2) is 7.24. The van der Waals surface area contributed by atoms with Crippen molar-refractivity contribution in [2.24, 2.45) is 5.41 Å². The molecule has 1 unspecified atom stereocenters. The summed E-state index contributed by atoms with van der Waals surface area (Å²) in [6, 6.07) is 9.58. The SMILES string of the molecule is CNC(c1ccc(CCOC)cc1)C1(C)CCCCC1. The Morgan fingerprint density at radius 2 is 1.80 bits per heavy atom. The minimum Gasteiger partial charge on any atom is -0.384 e. The maximum Gasteiger partial charge on any atom is 0.0502 e. The highest BCUT2D eigenvalue weighted by molar-refractivity contribution is 5.27. The number of nitrogens with one attached hydrogen (secondary N) is 1. The fraction of sp³-hybridized carbons (Fsp3) is 0.667. The lowest BCUT2D eigenvalue weighted by Crippen LogP contribution is -2.36. The fourth-order valence-corrected chi connectivity index (χ4v) is 3.66. The standard InChI is InChI=1S/C18H29NO/c1-18(12-5-4-6-13-18)17(19-2)16-9-7-15(8-10-16)11-14-20-3/h7-10,17,19H,4-6,11-14H2,1-3H3. The van der Waals surface area contributed by atoms with Gasteiger partial charge in [-0.1, -0.05) is 50.5 Å². The van der Waals surface area contributed by atoms with Crippen molar-refractivity contribution in [2.45, 2.75) is 51.5 Å². The van der Waals surface area contributed by atoms with Crippen molar-refractivity contribution >= 4 is 0 Å². The Balaban J connectivity index is 2.10. The van der Waals surface area contributed by atoms with Crippen LogP contribution >= 0.6 is 0 Å². The quantitative estimate of drug-likeness (QED) is 0.843. The average molecular weight is 275 g/mol. The van der Waals surface area contributed by atoms with E-state index < -0.39 is 0 Å². The summed E-state index contributed by atoms with van der Waals surface area (Å²) in [5, 5.41) is 3.57. The smallest absolute Gasteiger partial charge is 0.0502 e. The molecule has 1 aliphatic carbocycles. The number of benzene rings is 1. The molecule has 1 N–H and O–H groups in total. The van der Waals surface area contributed by atoms with Crippen molar-refractivity contribution in [1.29, 1.82) is 0 Å². The molecule has 1 fully saturated rings. The van der Waals surface area contributed by atoms with Crippen LogP contribution in [0, 0.1) is 5.41 Å². The predicted octanol–water partition coefficient (Wildman–Crippen LogP) is 4.11. The molecule has 1 aromatic carbocycles. The zero-order valence-electron chi connectivity index (χ0n) is 13.2. The minimum atomic E-state index is 0.404. The van der Waals surface area contributed by atoms with Gasteiger partial charge in [0, 0.05) is 13.2 Å². The molecule has 0 saturated heterocycles. The largest absolute Gasteiger partial charge is 0.384 e. The number of hydrogen-bond acceptors (Lipinski definition) is 2. The van der Waals surface area contributed by atoms with Gasteiger partial charge in [-0.25, -0.2) is 0 Å². The Bertz CT molecular complexity index is 392. The Kier molecular flexibility index (Phi) is 5.62. The van der Waals surface area contributed by atoms with Crippen molar-refractivity contribution in [3.8, 4) is 0 Å². The maximum absolute atomic E-state index is 5.14. The topological polar surface area (TPSA) is 21.3 Å². The third-order valence-corrected chi connectivity index (χ3v) is 4.89. The first-order valence-corrected chi connectivity index (χ1v) is 7.94. The summed E-state index contributed by atoms with van der Waals surface area (Å²) in [7, 11) is 3.86. The van der Waals surface area contributed by atoms with Gasteiger partial charge in [0.25, 0.3) is 0 Å². The Morgan fingerprint density at radius 1 is 1.15 bits per heavy atom. The molecule has 2 rings (SSSR count). The molecule has 0 spiro atoms. The fourth-order valence-electron chi connectivity index (χ4n) is 3.66. The van der Waals surface area contributed by atoms with Crippen LogP contribution in [0.1, 0.15) is 56.2 Å². The molecular formula is C18H29NO. The van der Waals surface area contributed by atoms with Crippen LogP contribution in [0.15, 0.2) is 24.3 Å². The predicted molar refractivity (Wildman–Crippen MR) is 85.0 cm³/mol. The van der Waals surface area contributed by atoms with Gasteiger partial charge in [-0.3, -0.25) is 0 Å². The van der Waals surface area contributed by atoms with Crippen molar-refractivity contribution in [3.05, 3.63) is 35.4 Å². The van der Waals surface area contributed by atoms with Crippen LogP contribution in [-0.2, 0) is 11.2 Å². The zero-order valence-corrected chi connectivity index (χ0v) is 13.2. The molecule has 0 amide bonds. The number of ether oxygens (including phenoxy) is 1. The molecule has 112 valence electrons. The lowest BCUT2D eigenvalue weighted by Gasteiger charge is -2.41. The van der Waals surface area contributed by atoms with Gasteiger partial charge in [-0.2, -0.15) is 0 Å². The lowest BCUT2D eigenvalue weighted by molar-refractivity contribution is 0.150. The van der Waals surface area contributed by atoms with Gasteiger partial charge >= 0.3 is 0 Å². The lowest BCUT2D eigenvalue weighted by atomic mass is 9.68. The zero-order chi connectivity index (χ0) is 14.4. The van der Waals surface area contributed by atoms with Crippen molar-refractivity contribution < 1.29 is 4.74 Å². The van der Waals surface area contributed by atoms with Gasteiger partial charge in [-0.05, 0) is 42.9 Å². The second-order valence-corrected chi connectivity index (χ2v) is 6.42. The summed E-state index contributed by atoms with van der Waals surface area (Å²) < 4.78 is 5.14. The van der Waals surface area contributed by atoms with Crippen LogP contribution < -0.4 is 5.32 Å². The average Bonchev–Trinajstić information content (AvgIpc) is 2.47. The summed E-state index contributed by atoms with van der Waals surface area (Å²) in [5.41, 5.74) is 3.19. The van der Waals surface area contributed by atoms with Gasteiger partial charge < -0.3 is 10.1 Å². The molecule has 1 aromatic rings. The first-order chi connectivity index (χ1) is 9.69. The molecule has 1 atom stereocenters. The summed E-state index contributed by atoms with van der Waals surface area (Å²) in [5.74, 6) is 0. The number of methoxy groups -OCH3 is 1. The number of hydrogen-bond donors (Lipinski definition) is 1. The van der Waals surface area contributed by atoms with Crippen molar-refractivity contribution in [1.82, 2.24) is 5.32 Å². The highest BCUT2D eigenvalue weighted by Gasteiger charge is 2.35. The van der Waals surface area contributed by atoms with E-state index in [0.717, 1.165) is 13.0 Å². The van der Waals surface area contributed by atoms with Crippen LogP contribution in [-0.4, -0.2) is 20.8 Å². The van der Waals surface area contributed by atoms with Crippen LogP contribution in [0.4, 0.5) is 0 Å². The van der Waals surface area contributed by atoms with E-state index in [1.807, 2.05) is 0 Å². The number of rotatable bonds is 6. The van der Waals surface area contributed by atoms with Gasteiger partial charge in [0.15, 0.2) is 0 Å². The Morgan fingerprint density at radius 3 is 2.35 bits per heavy atom. The van der Waals surface area contributed by atoms with Crippen LogP contribution in [0.25, 0.3) is 0 Å². The Labute approximate surface area is 123 Å². The molecule has 0 aliphatic heterocycles. The van der Waals surface area contributed by atoms with Crippen LogP contribution in [0.3, 0.4) is 0 Å². The van der Waals surface area contributed by atoms with E-state index in [2.05, 4.69) is 43.6 Å². The van der Waals surface area contributed by atoms with E-state index in [9.17, 15) is 0 Å². The normalized spacial score (nSPS) is 19.8. The van der Waals surface area contributed by atoms with E-state index in [1.165, 1.54) is 43.2 Å². The summed E-state index contributed by atoms with van der Waals surface area (Å²) in [6.07, 6.45) is 7.83. The van der Waals surface area contributed by atoms with Gasteiger partial charge in [0.2, 0.25) is 0 Å². The van der Waals surface area contributed by atoms with Gasteiger partial charge in [-0.15, -0.1) is 0 Å². The second-order valence-electron chi connectivity index (χ2n) is 6.42. The summed E-state index contributed by atoms with van der Waals surface area (Å²) >= 11 is 0. The molecule has 2 heteroatoms. The molecule has 20 heavy (non-hydrogen) atoms. The molecule has 0 radical (unpaired) electrons. The molecule has 1 aliphatic rings. The molecule has 0 heterocycles. The summed E-state index contributed by atoms with van der Waals surface area (Å²) in [6.45, 7) is 3.25. The first-order valence-electron chi connectivity index (χ1n) is 7.94. The molecular weight excluding hydrogens is 246 g/mol. The maximum atomic E-state index is 5.14. The molecule has 1 saturated carbocycles. The molecule has 2 nitrogen and oxygen atoms in total. The monoisotopic (exact) mass is 275 g/mol. The third kappa shape index (κ3) is 3.62. The van der Waals surface area contributed by atoms with Crippen molar-refractivity contribution in [2.75, 3.05) is 20.8 Å².